The summed E-state index contributed by atoms with van der Waals surface area (Å²) in [6.45, 7) is 4.52. The first-order valence-corrected chi connectivity index (χ1v) is 7.62. The van der Waals surface area contributed by atoms with E-state index in [-0.39, 0.29) is 17.8 Å². The Hall–Kier alpha value is -2.81. The van der Waals surface area contributed by atoms with Crippen molar-refractivity contribution in [1.82, 2.24) is 15.0 Å². The molecule has 2 atom stereocenters. The number of aromatic nitrogens is 2. The largest absolute Gasteiger partial charge is 0.382 e. The zero-order valence-electron chi connectivity index (χ0n) is 14.3. The van der Waals surface area contributed by atoms with Crippen LogP contribution in [0.3, 0.4) is 0 Å². The average molecular weight is 365 g/mol. The van der Waals surface area contributed by atoms with Gasteiger partial charge in [0.25, 0.3) is 0 Å². The number of aliphatic hydroxyl groups is 1. The number of halogens is 3. The summed E-state index contributed by atoms with van der Waals surface area (Å²) in [4.78, 5) is 11.2. The van der Waals surface area contributed by atoms with E-state index in [1.807, 2.05) is 0 Å². The van der Waals surface area contributed by atoms with Crippen molar-refractivity contribution >= 4 is 13.1 Å². The van der Waals surface area contributed by atoms with E-state index in [1.165, 1.54) is 25.3 Å². The molecule has 0 saturated carbocycles. The molecule has 138 valence electrons. The Kier molecular flexibility index (Phi) is 6.04. The predicted octanol–water partition coefficient (Wildman–Crippen LogP) is 2.46. The first-order chi connectivity index (χ1) is 12.3. The molecule has 0 saturated heterocycles. The van der Waals surface area contributed by atoms with Gasteiger partial charge in [-0.1, -0.05) is 13.0 Å². The van der Waals surface area contributed by atoms with Gasteiger partial charge in [0.15, 0.2) is 5.82 Å². The van der Waals surface area contributed by atoms with Crippen LogP contribution in [0.4, 0.5) is 13.2 Å². The number of aliphatic imine (C=N–C) groups is 1. The Labute approximate surface area is 148 Å². The molecule has 0 amide bonds. The topological polar surface area (TPSA) is 74.0 Å². The molecule has 26 heavy (non-hydrogen) atoms. The molecular weight excluding hydrogens is 347 g/mol. The molecule has 0 bridgehead atoms. The summed E-state index contributed by atoms with van der Waals surface area (Å²) >= 11 is 0. The van der Waals surface area contributed by atoms with Crippen LogP contribution < -0.4 is 0 Å². The highest BCUT2D eigenvalue weighted by Gasteiger charge is 2.42. The third-order valence-corrected chi connectivity index (χ3v) is 4.05. The maximum atomic E-state index is 14.4. The molecule has 2 aromatic rings. The van der Waals surface area contributed by atoms with Crippen LogP contribution in [-0.4, -0.2) is 46.7 Å². The summed E-state index contributed by atoms with van der Waals surface area (Å²) in [7, 11) is 1.48. The van der Waals surface area contributed by atoms with Crippen LogP contribution in [0.5, 0.6) is 0 Å². The normalized spacial score (nSPS) is 14.8. The van der Waals surface area contributed by atoms with Crippen LogP contribution in [-0.2, 0) is 5.60 Å². The minimum Gasteiger partial charge on any atom is -0.382 e. The zero-order chi connectivity index (χ0) is 19.3. The van der Waals surface area contributed by atoms with Gasteiger partial charge in [-0.3, -0.25) is 10.0 Å². The number of benzene rings is 1. The molecule has 0 aliphatic carbocycles. The van der Waals surface area contributed by atoms with E-state index in [2.05, 4.69) is 26.8 Å². The standard InChI is InChI=1S/C17H18F3N5O/c1-11(16-15(20)7-23-9-24-16)17(26,8-25(22-3)10-21-2)13-5-4-12(18)6-14(13)19/h4-7,9-11,26H,3,8H2,1-2H3/b21-10-/t11-,17?/m0/s1. The van der Waals surface area contributed by atoms with Crippen LogP contribution in [0, 0.1) is 17.5 Å². The molecule has 0 fully saturated rings. The van der Waals surface area contributed by atoms with Gasteiger partial charge in [-0.15, -0.1) is 0 Å². The SMILES string of the molecule is C=NN(/C=N\C)CC(O)(c1ccc(F)cc1F)[C@@H](C)c1ncncc1F. The first-order valence-electron chi connectivity index (χ1n) is 7.62. The van der Waals surface area contributed by atoms with E-state index in [0.29, 0.717) is 6.07 Å². The van der Waals surface area contributed by atoms with Crippen molar-refractivity contribution in [3.05, 3.63) is 59.4 Å². The van der Waals surface area contributed by atoms with E-state index in [4.69, 9.17) is 0 Å². The van der Waals surface area contributed by atoms with Crippen molar-refractivity contribution in [2.24, 2.45) is 10.1 Å². The van der Waals surface area contributed by atoms with Crippen molar-refractivity contribution < 1.29 is 18.3 Å². The quantitative estimate of drug-likeness (QED) is 0.465. The van der Waals surface area contributed by atoms with Crippen molar-refractivity contribution in [2.75, 3.05) is 13.6 Å². The predicted molar refractivity (Wildman–Crippen MR) is 91.3 cm³/mol. The highest BCUT2D eigenvalue weighted by atomic mass is 19.1. The highest BCUT2D eigenvalue weighted by molar-refractivity contribution is 5.55. The minimum absolute atomic E-state index is 0.122. The molecular formula is C17H18F3N5O. The summed E-state index contributed by atoms with van der Waals surface area (Å²) in [5, 5.41) is 16.2. The second-order valence-corrected chi connectivity index (χ2v) is 5.64. The fourth-order valence-electron chi connectivity index (χ4n) is 2.67. The zero-order valence-corrected chi connectivity index (χ0v) is 14.3. The van der Waals surface area contributed by atoms with Gasteiger partial charge in [-0.25, -0.2) is 23.1 Å². The lowest BCUT2D eigenvalue weighted by Gasteiger charge is -2.36. The second-order valence-electron chi connectivity index (χ2n) is 5.64. The summed E-state index contributed by atoms with van der Waals surface area (Å²) in [5.41, 5.74) is -2.37. The van der Waals surface area contributed by atoms with Gasteiger partial charge in [0, 0.05) is 31.3 Å². The Morgan fingerprint density at radius 2 is 2.08 bits per heavy atom. The Balaban J connectivity index is 2.60. The van der Waals surface area contributed by atoms with E-state index < -0.39 is 29.0 Å². The van der Waals surface area contributed by atoms with Gasteiger partial charge >= 0.3 is 0 Å². The molecule has 0 aliphatic heterocycles. The van der Waals surface area contributed by atoms with Crippen LogP contribution in [0.2, 0.25) is 0 Å². The van der Waals surface area contributed by atoms with Gasteiger partial charge in [0.1, 0.15) is 29.9 Å². The number of hydrazone groups is 1. The highest BCUT2D eigenvalue weighted by Crippen LogP contribution is 2.39. The lowest BCUT2D eigenvalue weighted by molar-refractivity contribution is -0.0104. The summed E-state index contributed by atoms with van der Waals surface area (Å²) < 4.78 is 41.9. The number of hydrogen-bond donors (Lipinski definition) is 1. The van der Waals surface area contributed by atoms with Crippen LogP contribution >= 0.6 is 0 Å². The fourth-order valence-corrected chi connectivity index (χ4v) is 2.67. The summed E-state index contributed by atoms with van der Waals surface area (Å²) in [6, 6.07) is 2.75. The van der Waals surface area contributed by atoms with Gasteiger partial charge < -0.3 is 5.11 Å². The van der Waals surface area contributed by atoms with E-state index in [1.54, 1.807) is 0 Å². The molecule has 0 aliphatic rings. The van der Waals surface area contributed by atoms with E-state index in [9.17, 15) is 18.3 Å². The van der Waals surface area contributed by atoms with Gasteiger partial charge in [-0.2, -0.15) is 5.10 Å². The summed E-state index contributed by atoms with van der Waals surface area (Å²) in [5.74, 6) is -3.57. The second kappa shape index (κ2) is 8.05. The average Bonchev–Trinajstić information content (AvgIpc) is 2.61. The van der Waals surface area contributed by atoms with E-state index >= 15 is 0 Å². The molecule has 6 nitrogen and oxygen atoms in total. The minimum atomic E-state index is -2.02. The van der Waals surface area contributed by atoms with Crippen LogP contribution in [0.1, 0.15) is 24.1 Å². The number of hydrogen-bond acceptors (Lipinski definition) is 5. The molecule has 1 aromatic heterocycles. The first kappa shape index (κ1) is 19.5. The smallest absolute Gasteiger partial charge is 0.163 e. The number of rotatable bonds is 7. The third kappa shape index (κ3) is 3.88. The number of nitrogens with zero attached hydrogens (tertiary/aromatic N) is 5. The lowest BCUT2D eigenvalue weighted by atomic mass is 9.79. The lowest BCUT2D eigenvalue weighted by Crippen LogP contribution is -2.43. The van der Waals surface area contributed by atoms with Crippen molar-refractivity contribution in [1.29, 1.82) is 0 Å². The van der Waals surface area contributed by atoms with E-state index in [0.717, 1.165) is 24.7 Å². The summed E-state index contributed by atoms with van der Waals surface area (Å²) in [6.07, 6.45) is 3.33. The van der Waals surface area contributed by atoms with Crippen LogP contribution in [0.25, 0.3) is 0 Å². The third-order valence-electron chi connectivity index (χ3n) is 4.05. The van der Waals surface area contributed by atoms with Gasteiger partial charge in [-0.05, 0) is 6.07 Å². The maximum absolute atomic E-state index is 14.4. The Bertz CT molecular complexity index is 817. The van der Waals surface area contributed by atoms with Gasteiger partial charge in [0.2, 0.25) is 0 Å². The molecule has 2 rings (SSSR count). The molecule has 1 aromatic carbocycles. The van der Waals surface area contributed by atoms with Crippen molar-refractivity contribution in [3.8, 4) is 0 Å². The Morgan fingerprint density at radius 1 is 1.35 bits per heavy atom. The fraction of sp³-hybridized carbons (Fsp3) is 0.294. The van der Waals surface area contributed by atoms with Crippen molar-refractivity contribution in [3.63, 3.8) is 0 Å². The molecule has 1 heterocycles. The maximum Gasteiger partial charge on any atom is 0.163 e. The van der Waals surface area contributed by atoms with Crippen LogP contribution in [0.15, 0.2) is 40.8 Å². The Morgan fingerprint density at radius 3 is 2.65 bits per heavy atom. The molecule has 9 heteroatoms. The molecule has 0 radical (unpaired) electrons. The monoisotopic (exact) mass is 365 g/mol. The molecule has 1 unspecified atom stereocenters. The van der Waals surface area contributed by atoms with Gasteiger partial charge in [0.05, 0.1) is 18.4 Å². The van der Waals surface area contributed by atoms with Crippen molar-refractivity contribution in [2.45, 2.75) is 18.4 Å². The molecule has 0 spiro atoms. The molecule has 1 N–H and O–H groups in total.